The van der Waals surface area contributed by atoms with Gasteiger partial charge in [0.2, 0.25) is 10.0 Å². The number of benzene rings is 1. The van der Waals surface area contributed by atoms with E-state index in [4.69, 9.17) is 4.74 Å². The number of thiophene rings is 1. The molecule has 1 aromatic carbocycles. The van der Waals surface area contributed by atoms with Crippen molar-refractivity contribution in [3.05, 3.63) is 65.0 Å². The Morgan fingerprint density at radius 2 is 2.00 bits per heavy atom. The highest BCUT2D eigenvalue weighted by molar-refractivity contribution is 7.89. The van der Waals surface area contributed by atoms with Crippen LogP contribution in [0.15, 0.2) is 64.3 Å². The molecule has 0 bridgehead atoms. The van der Waals surface area contributed by atoms with E-state index in [0.717, 1.165) is 16.8 Å². The average Bonchev–Trinajstić information content (AvgIpc) is 3.15. The standard InChI is InChI=1S/C17H16N2O3S2/c1-22-15-6-2-3-7-16(15)24(20,21)19-11-13-5-4-9-18-17(13)14-8-10-23-12-14/h2-10,12,19H,11H2,1H3. The van der Waals surface area contributed by atoms with Crippen molar-refractivity contribution in [3.8, 4) is 17.0 Å². The third kappa shape index (κ3) is 3.48. The van der Waals surface area contributed by atoms with Crippen LogP contribution in [0.25, 0.3) is 11.3 Å². The Bertz CT molecular complexity index is 923. The van der Waals surface area contributed by atoms with E-state index in [2.05, 4.69) is 9.71 Å². The molecule has 7 heteroatoms. The summed E-state index contributed by atoms with van der Waals surface area (Å²) in [5, 5.41) is 3.95. The summed E-state index contributed by atoms with van der Waals surface area (Å²) in [7, 11) is -2.24. The van der Waals surface area contributed by atoms with Gasteiger partial charge in [0.05, 0.1) is 12.8 Å². The molecule has 0 radical (unpaired) electrons. The van der Waals surface area contributed by atoms with E-state index in [1.54, 1.807) is 41.8 Å². The highest BCUT2D eigenvalue weighted by Gasteiger charge is 2.19. The maximum Gasteiger partial charge on any atom is 0.244 e. The van der Waals surface area contributed by atoms with Crippen LogP contribution in [0.4, 0.5) is 0 Å². The fraction of sp³-hybridized carbons (Fsp3) is 0.118. The largest absolute Gasteiger partial charge is 0.495 e. The number of nitrogens with one attached hydrogen (secondary N) is 1. The van der Waals surface area contributed by atoms with Gasteiger partial charge in [-0.15, -0.1) is 0 Å². The maximum atomic E-state index is 12.6. The molecule has 3 aromatic rings. The lowest BCUT2D eigenvalue weighted by atomic mass is 10.1. The second kappa shape index (κ2) is 7.12. The number of pyridine rings is 1. The molecule has 0 saturated heterocycles. The first-order valence-corrected chi connectivity index (χ1v) is 9.63. The second-order valence-electron chi connectivity index (χ2n) is 5.00. The van der Waals surface area contributed by atoms with E-state index in [9.17, 15) is 8.42 Å². The highest BCUT2D eigenvalue weighted by atomic mass is 32.2. The lowest BCUT2D eigenvalue weighted by Gasteiger charge is -2.12. The van der Waals surface area contributed by atoms with E-state index < -0.39 is 10.0 Å². The van der Waals surface area contributed by atoms with Gasteiger partial charge in [0, 0.05) is 23.7 Å². The van der Waals surface area contributed by atoms with Crippen LogP contribution in [0.1, 0.15) is 5.56 Å². The summed E-state index contributed by atoms with van der Waals surface area (Å²) in [6.07, 6.45) is 1.70. The van der Waals surface area contributed by atoms with Crippen LogP contribution < -0.4 is 9.46 Å². The van der Waals surface area contributed by atoms with Crippen LogP contribution in [0.3, 0.4) is 0 Å². The zero-order valence-corrected chi connectivity index (χ0v) is 14.6. The molecule has 0 aliphatic rings. The maximum absolute atomic E-state index is 12.6. The number of sulfonamides is 1. The normalized spacial score (nSPS) is 11.4. The van der Waals surface area contributed by atoms with E-state index in [1.807, 2.05) is 22.9 Å². The Labute approximate surface area is 145 Å². The molecule has 0 amide bonds. The first-order valence-electron chi connectivity index (χ1n) is 7.21. The molecule has 2 heterocycles. The molecule has 0 unspecified atom stereocenters. The Morgan fingerprint density at radius 1 is 1.17 bits per heavy atom. The van der Waals surface area contributed by atoms with Gasteiger partial charge in [-0.3, -0.25) is 4.98 Å². The van der Waals surface area contributed by atoms with Crippen LogP contribution in [0, 0.1) is 0 Å². The molecule has 0 atom stereocenters. The first kappa shape index (κ1) is 16.6. The van der Waals surface area contributed by atoms with Gasteiger partial charge in [0.1, 0.15) is 10.6 Å². The summed E-state index contributed by atoms with van der Waals surface area (Å²) in [6, 6.07) is 12.2. The number of methoxy groups -OCH3 is 1. The van der Waals surface area contributed by atoms with Crippen molar-refractivity contribution in [2.45, 2.75) is 11.4 Å². The molecule has 0 fully saturated rings. The van der Waals surface area contributed by atoms with E-state index >= 15 is 0 Å². The number of ether oxygens (including phenoxy) is 1. The zero-order chi connectivity index (χ0) is 17.0. The fourth-order valence-corrected chi connectivity index (χ4v) is 4.15. The van der Waals surface area contributed by atoms with Gasteiger partial charge < -0.3 is 4.74 Å². The summed E-state index contributed by atoms with van der Waals surface area (Å²) in [5.74, 6) is 0.314. The van der Waals surface area contributed by atoms with Crippen molar-refractivity contribution in [2.24, 2.45) is 0 Å². The molecule has 0 aliphatic carbocycles. The fourth-order valence-electron chi connectivity index (χ4n) is 2.33. The number of rotatable bonds is 6. The van der Waals surface area contributed by atoms with Gasteiger partial charge in [-0.2, -0.15) is 11.3 Å². The lowest BCUT2D eigenvalue weighted by Crippen LogP contribution is -2.24. The number of hydrogen-bond acceptors (Lipinski definition) is 5. The van der Waals surface area contributed by atoms with Gasteiger partial charge in [-0.05, 0) is 35.2 Å². The van der Waals surface area contributed by atoms with E-state index in [0.29, 0.717) is 5.75 Å². The molecule has 0 aliphatic heterocycles. The van der Waals surface area contributed by atoms with Crippen molar-refractivity contribution in [2.75, 3.05) is 7.11 Å². The third-order valence-electron chi connectivity index (χ3n) is 3.50. The third-order valence-corrected chi connectivity index (χ3v) is 5.62. The topological polar surface area (TPSA) is 68.3 Å². The quantitative estimate of drug-likeness (QED) is 0.732. The lowest BCUT2D eigenvalue weighted by molar-refractivity contribution is 0.402. The second-order valence-corrected chi connectivity index (χ2v) is 7.51. The van der Waals surface area contributed by atoms with Crippen molar-refractivity contribution < 1.29 is 13.2 Å². The van der Waals surface area contributed by atoms with Crippen LogP contribution in [-0.2, 0) is 16.6 Å². The van der Waals surface area contributed by atoms with Gasteiger partial charge in [0.15, 0.2) is 0 Å². The number of hydrogen-bond donors (Lipinski definition) is 1. The Balaban J connectivity index is 1.86. The van der Waals surface area contributed by atoms with Crippen molar-refractivity contribution >= 4 is 21.4 Å². The molecular formula is C17H16N2O3S2. The summed E-state index contributed by atoms with van der Waals surface area (Å²) in [5.41, 5.74) is 2.57. The molecule has 5 nitrogen and oxygen atoms in total. The Kier molecular flexibility index (Phi) is 4.94. The Hall–Kier alpha value is -2.22. The molecule has 24 heavy (non-hydrogen) atoms. The van der Waals surface area contributed by atoms with E-state index in [1.165, 1.54) is 13.2 Å². The molecule has 2 aromatic heterocycles. The summed E-state index contributed by atoms with van der Waals surface area (Å²) >= 11 is 1.57. The summed E-state index contributed by atoms with van der Waals surface area (Å²) < 4.78 is 32.9. The molecule has 0 saturated carbocycles. The van der Waals surface area contributed by atoms with Gasteiger partial charge >= 0.3 is 0 Å². The Morgan fingerprint density at radius 3 is 2.75 bits per heavy atom. The summed E-state index contributed by atoms with van der Waals surface area (Å²) in [4.78, 5) is 4.49. The SMILES string of the molecule is COc1ccccc1S(=O)(=O)NCc1cccnc1-c1ccsc1. The van der Waals surface area contributed by atoms with Gasteiger partial charge in [0.25, 0.3) is 0 Å². The van der Waals surface area contributed by atoms with Crippen LogP contribution in [-0.4, -0.2) is 20.5 Å². The number of nitrogens with zero attached hydrogens (tertiary/aromatic N) is 1. The number of para-hydroxylation sites is 1. The molecule has 3 rings (SSSR count). The minimum atomic E-state index is -3.69. The van der Waals surface area contributed by atoms with Crippen LogP contribution in [0.2, 0.25) is 0 Å². The van der Waals surface area contributed by atoms with Crippen molar-refractivity contribution in [1.82, 2.24) is 9.71 Å². The highest BCUT2D eigenvalue weighted by Crippen LogP contribution is 2.25. The minimum absolute atomic E-state index is 0.119. The van der Waals surface area contributed by atoms with E-state index in [-0.39, 0.29) is 11.4 Å². The van der Waals surface area contributed by atoms with Crippen LogP contribution in [0.5, 0.6) is 5.75 Å². The molecule has 1 N–H and O–H groups in total. The summed E-state index contributed by atoms with van der Waals surface area (Å²) in [6.45, 7) is 0.152. The van der Waals surface area contributed by atoms with Gasteiger partial charge in [-0.25, -0.2) is 13.1 Å². The predicted molar refractivity (Wildman–Crippen MR) is 94.6 cm³/mol. The molecule has 124 valence electrons. The monoisotopic (exact) mass is 360 g/mol. The molecule has 0 spiro atoms. The van der Waals surface area contributed by atoms with Crippen LogP contribution >= 0.6 is 11.3 Å². The van der Waals surface area contributed by atoms with Gasteiger partial charge in [-0.1, -0.05) is 18.2 Å². The minimum Gasteiger partial charge on any atom is -0.495 e. The zero-order valence-electron chi connectivity index (χ0n) is 13.0. The predicted octanol–water partition coefficient (Wildman–Crippen LogP) is 3.30. The van der Waals surface area contributed by atoms with Crippen molar-refractivity contribution in [1.29, 1.82) is 0 Å². The van der Waals surface area contributed by atoms with Crippen molar-refractivity contribution in [3.63, 3.8) is 0 Å². The molecular weight excluding hydrogens is 344 g/mol. The first-order chi connectivity index (χ1) is 11.6. The smallest absolute Gasteiger partial charge is 0.244 e. The number of aromatic nitrogens is 1. The average molecular weight is 360 g/mol.